The minimum Gasteiger partial charge on any atom is -0.370 e. The third kappa shape index (κ3) is 3.44. The highest BCUT2D eigenvalue weighted by Gasteiger charge is 2.07. The van der Waals surface area contributed by atoms with Gasteiger partial charge in [-0.15, -0.1) is 11.3 Å². The number of thiophene rings is 1. The largest absolute Gasteiger partial charge is 0.370 e. The van der Waals surface area contributed by atoms with Crippen LogP contribution in [0.15, 0.2) is 17.8 Å². The van der Waals surface area contributed by atoms with Crippen LogP contribution in [0.2, 0.25) is 0 Å². The molecule has 0 unspecified atom stereocenters. The summed E-state index contributed by atoms with van der Waals surface area (Å²) in [4.78, 5) is 9.95. The number of aromatic nitrogens is 2. The number of anilines is 2. The Bertz CT molecular complexity index is 536. The van der Waals surface area contributed by atoms with Gasteiger partial charge in [-0.05, 0) is 37.3 Å². The Hall–Kier alpha value is -1.62. The number of aryl methyl sites for hydroxylation is 1. The Kier molecular flexibility index (Phi) is 4.74. The normalized spacial score (nSPS) is 10.5. The minimum atomic E-state index is 0.814. The average molecular weight is 276 g/mol. The maximum absolute atomic E-state index is 4.32. The molecule has 0 radical (unpaired) electrons. The molecule has 0 saturated heterocycles. The van der Waals surface area contributed by atoms with Crippen LogP contribution in [-0.4, -0.2) is 16.5 Å². The molecule has 2 rings (SSSR count). The van der Waals surface area contributed by atoms with Crippen molar-refractivity contribution in [1.29, 1.82) is 0 Å². The summed E-state index contributed by atoms with van der Waals surface area (Å²) in [6, 6.07) is 2.14. The molecule has 0 aliphatic heterocycles. The topological polar surface area (TPSA) is 49.8 Å². The summed E-state index contributed by atoms with van der Waals surface area (Å²) in [5.41, 5.74) is 2.40. The van der Waals surface area contributed by atoms with E-state index >= 15 is 0 Å². The lowest BCUT2D eigenvalue weighted by atomic mass is 10.2. The van der Waals surface area contributed by atoms with Crippen LogP contribution in [0.3, 0.4) is 0 Å². The van der Waals surface area contributed by atoms with Crippen LogP contribution >= 0.6 is 11.3 Å². The van der Waals surface area contributed by atoms with Gasteiger partial charge in [-0.2, -0.15) is 0 Å². The molecule has 0 aliphatic rings. The lowest BCUT2D eigenvalue weighted by Crippen LogP contribution is -2.08. The van der Waals surface area contributed by atoms with E-state index in [9.17, 15) is 0 Å². The van der Waals surface area contributed by atoms with Crippen LogP contribution in [0.5, 0.6) is 0 Å². The van der Waals surface area contributed by atoms with Crippen molar-refractivity contribution in [2.45, 2.75) is 33.7 Å². The molecule has 0 atom stereocenters. The molecule has 2 heterocycles. The Morgan fingerprint density at radius 2 is 1.89 bits per heavy atom. The summed E-state index contributed by atoms with van der Waals surface area (Å²) in [5, 5.41) is 8.83. The van der Waals surface area contributed by atoms with Gasteiger partial charge >= 0.3 is 0 Å². The van der Waals surface area contributed by atoms with E-state index in [2.05, 4.69) is 45.9 Å². The standard InChI is InChI=1S/C14H20N4S/c1-4-6-15-13-11(3)14(18-9-17-13)16-8-12-10(2)5-7-19-12/h5,7,9H,4,6,8H2,1-3H3,(H2,15,16,17,18). The molecule has 0 aliphatic carbocycles. The van der Waals surface area contributed by atoms with Crippen LogP contribution in [0, 0.1) is 13.8 Å². The number of hydrogen-bond acceptors (Lipinski definition) is 5. The Morgan fingerprint density at radius 1 is 1.16 bits per heavy atom. The zero-order chi connectivity index (χ0) is 13.7. The third-order valence-electron chi connectivity index (χ3n) is 3.01. The fraction of sp³-hybridized carbons (Fsp3) is 0.429. The van der Waals surface area contributed by atoms with Gasteiger partial charge in [0.05, 0.1) is 6.54 Å². The van der Waals surface area contributed by atoms with Crippen LogP contribution in [0.4, 0.5) is 11.6 Å². The highest BCUT2D eigenvalue weighted by Crippen LogP contribution is 2.21. The van der Waals surface area contributed by atoms with Gasteiger partial charge < -0.3 is 10.6 Å². The first-order valence-electron chi connectivity index (χ1n) is 6.54. The van der Waals surface area contributed by atoms with Crippen LogP contribution in [0.1, 0.15) is 29.3 Å². The fourth-order valence-electron chi connectivity index (χ4n) is 1.80. The van der Waals surface area contributed by atoms with Crippen molar-refractivity contribution in [3.8, 4) is 0 Å². The molecule has 2 aromatic heterocycles. The van der Waals surface area contributed by atoms with E-state index in [0.29, 0.717) is 0 Å². The maximum Gasteiger partial charge on any atom is 0.134 e. The smallest absolute Gasteiger partial charge is 0.134 e. The van der Waals surface area contributed by atoms with Gasteiger partial charge in [0, 0.05) is 17.0 Å². The summed E-state index contributed by atoms with van der Waals surface area (Å²) in [7, 11) is 0. The molecule has 102 valence electrons. The molecule has 0 spiro atoms. The van der Waals surface area contributed by atoms with Crippen molar-refractivity contribution < 1.29 is 0 Å². The molecule has 2 N–H and O–H groups in total. The molecular weight excluding hydrogens is 256 g/mol. The van der Waals surface area contributed by atoms with Gasteiger partial charge in [0.1, 0.15) is 18.0 Å². The highest BCUT2D eigenvalue weighted by molar-refractivity contribution is 7.10. The zero-order valence-corrected chi connectivity index (χ0v) is 12.5. The molecule has 0 aromatic carbocycles. The second-order valence-electron chi connectivity index (χ2n) is 4.50. The predicted molar refractivity (Wildman–Crippen MR) is 81.9 cm³/mol. The van der Waals surface area contributed by atoms with E-state index in [1.807, 2.05) is 6.92 Å². The Balaban J connectivity index is 2.06. The summed E-state index contributed by atoms with van der Waals surface area (Å²) in [5.74, 6) is 1.82. The molecular formula is C14H20N4S. The van der Waals surface area contributed by atoms with Crippen LogP contribution in [0.25, 0.3) is 0 Å². The van der Waals surface area contributed by atoms with Crippen molar-refractivity contribution in [3.63, 3.8) is 0 Å². The van der Waals surface area contributed by atoms with Crippen molar-refractivity contribution >= 4 is 23.0 Å². The second-order valence-corrected chi connectivity index (χ2v) is 5.50. The van der Waals surface area contributed by atoms with Crippen LogP contribution < -0.4 is 10.6 Å². The summed E-state index contributed by atoms with van der Waals surface area (Å²) in [6.45, 7) is 8.06. The van der Waals surface area contributed by atoms with Crippen LogP contribution in [-0.2, 0) is 6.54 Å². The zero-order valence-electron chi connectivity index (χ0n) is 11.7. The lowest BCUT2D eigenvalue weighted by Gasteiger charge is -2.12. The number of hydrogen-bond donors (Lipinski definition) is 2. The molecule has 0 amide bonds. The van der Waals surface area contributed by atoms with Crippen molar-refractivity contribution in [2.24, 2.45) is 0 Å². The molecule has 0 bridgehead atoms. The van der Waals surface area contributed by atoms with Gasteiger partial charge in [0.2, 0.25) is 0 Å². The van der Waals surface area contributed by atoms with Gasteiger partial charge in [-0.3, -0.25) is 0 Å². The second kappa shape index (κ2) is 6.52. The lowest BCUT2D eigenvalue weighted by molar-refractivity contribution is 0.957. The van der Waals surface area contributed by atoms with E-state index in [1.165, 1.54) is 10.4 Å². The Labute approximate surface area is 118 Å². The first-order chi connectivity index (χ1) is 9.22. The van der Waals surface area contributed by atoms with E-state index in [-0.39, 0.29) is 0 Å². The predicted octanol–water partition coefficient (Wildman–Crippen LogP) is 3.59. The number of nitrogens with one attached hydrogen (secondary N) is 2. The summed E-state index contributed by atoms with van der Waals surface area (Å²) < 4.78 is 0. The number of nitrogens with zero attached hydrogens (tertiary/aromatic N) is 2. The van der Waals surface area contributed by atoms with E-state index < -0.39 is 0 Å². The minimum absolute atomic E-state index is 0.814. The fourth-order valence-corrected chi connectivity index (χ4v) is 2.65. The Morgan fingerprint density at radius 3 is 2.53 bits per heavy atom. The summed E-state index contributed by atoms with van der Waals surface area (Å²) >= 11 is 1.77. The van der Waals surface area contributed by atoms with Gasteiger partial charge in [-0.25, -0.2) is 9.97 Å². The van der Waals surface area contributed by atoms with E-state index in [1.54, 1.807) is 17.7 Å². The van der Waals surface area contributed by atoms with Crippen molar-refractivity contribution in [2.75, 3.05) is 17.2 Å². The van der Waals surface area contributed by atoms with Gasteiger partial charge in [0.25, 0.3) is 0 Å². The summed E-state index contributed by atoms with van der Waals surface area (Å²) in [6.07, 6.45) is 2.69. The van der Waals surface area contributed by atoms with Crippen molar-refractivity contribution in [1.82, 2.24) is 9.97 Å². The van der Waals surface area contributed by atoms with E-state index in [4.69, 9.17) is 0 Å². The molecule has 19 heavy (non-hydrogen) atoms. The maximum atomic E-state index is 4.32. The monoisotopic (exact) mass is 276 g/mol. The first kappa shape index (κ1) is 13.8. The highest BCUT2D eigenvalue weighted by atomic mass is 32.1. The quantitative estimate of drug-likeness (QED) is 0.846. The third-order valence-corrected chi connectivity index (χ3v) is 4.03. The average Bonchev–Trinajstić information content (AvgIpc) is 2.82. The first-order valence-corrected chi connectivity index (χ1v) is 7.42. The van der Waals surface area contributed by atoms with Gasteiger partial charge in [0.15, 0.2) is 0 Å². The van der Waals surface area contributed by atoms with Gasteiger partial charge in [-0.1, -0.05) is 6.92 Å². The molecule has 0 saturated carbocycles. The number of rotatable bonds is 6. The molecule has 0 fully saturated rings. The van der Waals surface area contributed by atoms with E-state index in [0.717, 1.165) is 36.7 Å². The molecule has 5 heteroatoms. The van der Waals surface area contributed by atoms with Crippen molar-refractivity contribution in [3.05, 3.63) is 33.8 Å². The molecule has 2 aromatic rings. The SMILES string of the molecule is CCCNc1ncnc(NCc2sccc2C)c1C. The molecule has 4 nitrogen and oxygen atoms in total.